The predicted molar refractivity (Wildman–Crippen MR) is 77.4 cm³/mol. The number of carboxylic acid groups (broad SMARTS) is 1. The van der Waals surface area contributed by atoms with Crippen molar-refractivity contribution in [3.8, 4) is 5.69 Å². The van der Waals surface area contributed by atoms with Crippen molar-refractivity contribution in [2.24, 2.45) is 5.41 Å². The van der Waals surface area contributed by atoms with Gasteiger partial charge in [-0.15, -0.1) is 5.10 Å². The number of pyridine rings is 1. The van der Waals surface area contributed by atoms with Crippen LogP contribution in [0.25, 0.3) is 5.69 Å². The normalized spacial score (nSPS) is 11.6. The molecular weight excluding hydrogens is 324 g/mol. The van der Waals surface area contributed by atoms with E-state index in [2.05, 4.69) is 45.1 Å². The monoisotopic (exact) mass is 338 g/mol. The molecule has 0 aromatic carbocycles. The van der Waals surface area contributed by atoms with E-state index < -0.39 is 5.97 Å². The van der Waals surface area contributed by atoms with Crippen LogP contribution < -0.4 is 0 Å². The predicted octanol–water partition coefficient (Wildman–Crippen LogP) is 2.32. The lowest BCUT2D eigenvalue weighted by Gasteiger charge is -2.19. The Labute approximate surface area is 125 Å². The van der Waals surface area contributed by atoms with Crippen LogP contribution in [0.4, 0.5) is 0 Å². The van der Waals surface area contributed by atoms with Crippen molar-refractivity contribution in [1.82, 2.24) is 20.0 Å². The summed E-state index contributed by atoms with van der Waals surface area (Å²) in [6.45, 7) is 4.24. The number of aromatic carboxylic acids is 1. The Hall–Kier alpha value is -1.76. The van der Waals surface area contributed by atoms with Gasteiger partial charge >= 0.3 is 5.97 Å². The van der Waals surface area contributed by atoms with Gasteiger partial charge in [-0.3, -0.25) is 4.98 Å². The fourth-order valence-electron chi connectivity index (χ4n) is 1.78. The molecule has 106 valence electrons. The molecule has 6 nitrogen and oxygen atoms in total. The van der Waals surface area contributed by atoms with Crippen LogP contribution >= 0.6 is 15.9 Å². The van der Waals surface area contributed by atoms with Gasteiger partial charge in [0, 0.05) is 11.5 Å². The number of carboxylic acids is 1. The summed E-state index contributed by atoms with van der Waals surface area (Å²) < 4.78 is 1.45. The number of carbonyl (C=O) groups is 1. The number of nitrogens with zero attached hydrogens (tertiary/aromatic N) is 4. The van der Waals surface area contributed by atoms with Crippen LogP contribution in [0.5, 0.6) is 0 Å². The molecule has 0 radical (unpaired) electrons. The van der Waals surface area contributed by atoms with E-state index in [0.29, 0.717) is 5.69 Å². The number of hydrogen-bond acceptors (Lipinski definition) is 4. The first kappa shape index (κ1) is 14.6. The van der Waals surface area contributed by atoms with E-state index in [1.165, 1.54) is 23.1 Å². The van der Waals surface area contributed by atoms with E-state index in [-0.39, 0.29) is 11.0 Å². The van der Waals surface area contributed by atoms with Crippen LogP contribution in [0.15, 0.2) is 24.7 Å². The molecule has 2 aromatic heterocycles. The van der Waals surface area contributed by atoms with E-state index in [1.54, 1.807) is 6.20 Å². The number of aromatic nitrogens is 4. The number of alkyl halides is 1. The smallest absolute Gasteiger partial charge is 0.338 e. The zero-order chi connectivity index (χ0) is 14.8. The molecule has 0 saturated heterocycles. The van der Waals surface area contributed by atoms with E-state index in [0.717, 1.165) is 17.4 Å². The van der Waals surface area contributed by atoms with Crippen molar-refractivity contribution in [3.63, 3.8) is 0 Å². The molecule has 0 saturated carbocycles. The Kier molecular flexibility index (Phi) is 4.17. The zero-order valence-corrected chi connectivity index (χ0v) is 12.8. The lowest BCUT2D eigenvalue weighted by Crippen LogP contribution is -2.16. The first-order valence-electron chi connectivity index (χ1n) is 6.08. The molecule has 0 aliphatic heterocycles. The summed E-state index contributed by atoms with van der Waals surface area (Å²) in [7, 11) is 0. The lowest BCUT2D eigenvalue weighted by atomic mass is 9.91. The van der Waals surface area contributed by atoms with Gasteiger partial charge in [-0.05, 0) is 17.9 Å². The molecule has 0 atom stereocenters. The molecule has 1 N–H and O–H groups in total. The average molecular weight is 339 g/mol. The van der Waals surface area contributed by atoms with E-state index >= 15 is 0 Å². The maximum Gasteiger partial charge on any atom is 0.338 e. The van der Waals surface area contributed by atoms with Crippen LogP contribution in [-0.2, 0) is 6.42 Å². The molecular formula is C13H15BrN4O2. The molecule has 0 spiro atoms. The SMILES string of the molecule is CC(C)(CBr)Cc1cn(-c2cnccc2C(=O)O)nn1. The summed E-state index contributed by atoms with van der Waals surface area (Å²) in [4.78, 5) is 15.1. The topological polar surface area (TPSA) is 80.9 Å². The first-order chi connectivity index (χ1) is 9.43. The van der Waals surface area contributed by atoms with Crippen molar-refractivity contribution in [1.29, 1.82) is 0 Å². The summed E-state index contributed by atoms with van der Waals surface area (Å²) in [5.41, 5.74) is 1.44. The fourth-order valence-corrected chi connectivity index (χ4v) is 1.98. The van der Waals surface area contributed by atoms with Crippen LogP contribution in [0, 0.1) is 5.41 Å². The molecule has 2 aromatic rings. The van der Waals surface area contributed by atoms with Gasteiger partial charge in [-0.1, -0.05) is 35.0 Å². The Morgan fingerprint density at radius 1 is 1.50 bits per heavy atom. The third kappa shape index (κ3) is 3.22. The molecule has 20 heavy (non-hydrogen) atoms. The third-order valence-electron chi connectivity index (χ3n) is 2.84. The highest BCUT2D eigenvalue weighted by Gasteiger charge is 2.20. The standard InChI is InChI=1S/C13H15BrN4O2/c1-13(2,8-14)5-9-7-18(17-16-9)11-6-15-4-3-10(11)12(19)20/h3-4,6-7H,5,8H2,1-2H3,(H,19,20). The number of hydrogen-bond donors (Lipinski definition) is 1. The highest BCUT2D eigenvalue weighted by Crippen LogP contribution is 2.23. The van der Waals surface area contributed by atoms with Crippen molar-refractivity contribution in [2.45, 2.75) is 20.3 Å². The minimum atomic E-state index is -1.01. The molecule has 0 aliphatic carbocycles. The molecule has 0 unspecified atom stereocenters. The minimum Gasteiger partial charge on any atom is -0.478 e. The Bertz CT molecular complexity index is 624. The average Bonchev–Trinajstić information content (AvgIpc) is 2.86. The highest BCUT2D eigenvalue weighted by molar-refractivity contribution is 9.09. The first-order valence-corrected chi connectivity index (χ1v) is 7.20. The lowest BCUT2D eigenvalue weighted by molar-refractivity contribution is 0.0696. The van der Waals surface area contributed by atoms with Crippen LogP contribution in [0.1, 0.15) is 29.9 Å². The third-order valence-corrected chi connectivity index (χ3v) is 4.36. The molecule has 0 fully saturated rings. The maximum absolute atomic E-state index is 11.2. The second-order valence-electron chi connectivity index (χ2n) is 5.33. The van der Waals surface area contributed by atoms with Gasteiger partial charge < -0.3 is 5.11 Å². The zero-order valence-electron chi connectivity index (χ0n) is 11.2. The molecule has 2 heterocycles. The minimum absolute atomic E-state index is 0.0609. The quantitative estimate of drug-likeness (QED) is 0.846. The molecule has 7 heteroatoms. The Balaban J connectivity index is 2.32. The number of rotatable bonds is 5. The maximum atomic E-state index is 11.2. The van der Waals surface area contributed by atoms with Crippen molar-refractivity contribution >= 4 is 21.9 Å². The van der Waals surface area contributed by atoms with Crippen LogP contribution in [0.3, 0.4) is 0 Å². The summed E-state index contributed by atoms with van der Waals surface area (Å²) in [6, 6.07) is 1.45. The van der Waals surface area contributed by atoms with Gasteiger partial charge in [0.1, 0.15) is 0 Å². The van der Waals surface area contributed by atoms with Gasteiger partial charge in [-0.2, -0.15) is 0 Å². The summed E-state index contributed by atoms with van der Waals surface area (Å²) in [5, 5.41) is 18.1. The van der Waals surface area contributed by atoms with E-state index in [9.17, 15) is 4.79 Å². The molecule has 2 rings (SSSR count). The summed E-state index contributed by atoms with van der Waals surface area (Å²) in [5.74, 6) is -1.01. The second-order valence-corrected chi connectivity index (χ2v) is 5.89. The van der Waals surface area contributed by atoms with Crippen molar-refractivity contribution in [2.75, 3.05) is 5.33 Å². The van der Waals surface area contributed by atoms with Crippen LogP contribution in [0.2, 0.25) is 0 Å². The highest BCUT2D eigenvalue weighted by atomic mass is 79.9. The van der Waals surface area contributed by atoms with Crippen molar-refractivity contribution < 1.29 is 9.90 Å². The number of halogens is 1. The van der Waals surface area contributed by atoms with Gasteiger partial charge in [-0.25, -0.2) is 9.48 Å². The van der Waals surface area contributed by atoms with Crippen molar-refractivity contribution in [3.05, 3.63) is 35.9 Å². The van der Waals surface area contributed by atoms with Gasteiger partial charge in [0.15, 0.2) is 0 Å². The molecule has 0 bridgehead atoms. The largest absolute Gasteiger partial charge is 0.478 e. The van der Waals surface area contributed by atoms with Crippen LogP contribution in [-0.4, -0.2) is 36.4 Å². The molecule has 0 aliphatic rings. The second kappa shape index (κ2) is 5.70. The summed E-state index contributed by atoms with van der Waals surface area (Å²) in [6.07, 6.45) is 5.41. The molecule has 0 amide bonds. The fraction of sp³-hybridized carbons (Fsp3) is 0.385. The van der Waals surface area contributed by atoms with Gasteiger partial charge in [0.05, 0.1) is 29.3 Å². The Morgan fingerprint density at radius 2 is 2.25 bits per heavy atom. The van der Waals surface area contributed by atoms with Gasteiger partial charge in [0.2, 0.25) is 0 Å². The van der Waals surface area contributed by atoms with E-state index in [1.807, 2.05) is 0 Å². The Morgan fingerprint density at radius 3 is 2.90 bits per heavy atom. The van der Waals surface area contributed by atoms with E-state index in [4.69, 9.17) is 5.11 Å². The van der Waals surface area contributed by atoms with Gasteiger partial charge in [0.25, 0.3) is 0 Å². The summed E-state index contributed by atoms with van der Waals surface area (Å²) >= 11 is 3.47.